The van der Waals surface area contributed by atoms with Crippen LogP contribution in [0.25, 0.3) is 11.1 Å². The second-order valence-electron chi connectivity index (χ2n) is 6.59. The van der Waals surface area contributed by atoms with E-state index in [0.29, 0.717) is 33.1 Å². The van der Waals surface area contributed by atoms with Gasteiger partial charge in [0.2, 0.25) is 5.75 Å². The molecule has 156 valence electrons. The molecule has 0 aliphatic heterocycles. The van der Waals surface area contributed by atoms with E-state index in [9.17, 15) is 18.0 Å². The lowest BCUT2D eigenvalue weighted by Gasteiger charge is -2.20. The van der Waals surface area contributed by atoms with Crippen LogP contribution < -0.4 is 19.6 Å². The van der Waals surface area contributed by atoms with Crippen LogP contribution in [0.4, 0.5) is 13.2 Å². The van der Waals surface area contributed by atoms with Gasteiger partial charge < -0.3 is 14.2 Å². The van der Waals surface area contributed by atoms with Crippen molar-refractivity contribution in [3.63, 3.8) is 0 Å². The Kier molecular flexibility index (Phi) is 6.03. The molecule has 2 aromatic rings. The molecular formula is C21H21F3O4S. The molecule has 0 radical (unpaired) electrons. The van der Waals surface area contributed by atoms with Crippen LogP contribution in [-0.2, 0) is 6.42 Å². The molecule has 0 bridgehead atoms. The number of aryl methyl sites for hydroxylation is 1. The molecule has 0 amide bonds. The van der Waals surface area contributed by atoms with E-state index in [4.69, 9.17) is 14.2 Å². The van der Waals surface area contributed by atoms with Crippen LogP contribution in [0.1, 0.15) is 23.5 Å². The van der Waals surface area contributed by atoms with Gasteiger partial charge in [0.25, 0.3) is 0 Å². The van der Waals surface area contributed by atoms with E-state index in [2.05, 4.69) is 0 Å². The number of alkyl halides is 3. The zero-order valence-electron chi connectivity index (χ0n) is 16.5. The van der Waals surface area contributed by atoms with Crippen LogP contribution in [0.2, 0.25) is 0 Å². The molecule has 0 saturated heterocycles. The van der Waals surface area contributed by atoms with Crippen molar-refractivity contribution in [2.75, 3.05) is 27.6 Å². The molecule has 0 unspecified atom stereocenters. The molecule has 29 heavy (non-hydrogen) atoms. The van der Waals surface area contributed by atoms with Crippen LogP contribution in [0.3, 0.4) is 0 Å². The molecule has 0 saturated carbocycles. The normalized spacial score (nSPS) is 15.8. The Balaban J connectivity index is 2.47. The average Bonchev–Trinajstić information content (AvgIpc) is 2.93. The van der Waals surface area contributed by atoms with Gasteiger partial charge in [-0.05, 0) is 54.0 Å². The Morgan fingerprint density at radius 3 is 2.28 bits per heavy atom. The third kappa shape index (κ3) is 3.77. The lowest BCUT2D eigenvalue weighted by atomic mass is 9.92. The fraction of sp³-hybridized carbons (Fsp3) is 0.381. The SMILES string of the molecule is COc1cc2c(c(OC)c1OC)-c1ccc(SC)c(=O)cc1[C@@H](C(F)(F)F)CC2. The Morgan fingerprint density at radius 2 is 1.72 bits per heavy atom. The van der Waals surface area contributed by atoms with Gasteiger partial charge in [-0.1, -0.05) is 6.07 Å². The zero-order valence-corrected chi connectivity index (χ0v) is 17.3. The number of hydrogen-bond acceptors (Lipinski definition) is 5. The fourth-order valence-electron chi connectivity index (χ4n) is 3.81. The minimum Gasteiger partial charge on any atom is -0.493 e. The maximum absolute atomic E-state index is 13.9. The summed E-state index contributed by atoms with van der Waals surface area (Å²) in [5.41, 5.74) is 0.976. The second-order valence-corrected chi connectivity index (χ2v) is 7.44. The average molecular weight is 426 g/mol. The molecule has 4 nitrogen and oxygen atoms in total. The van der Waals surface area contributed by atoms with Gasteiger partial charge in [0.1, 0.15) is 0 Å². The summed E-state index contributed by atoms with van der Waals surface area (Å²) in [6.07, 6.45) is -2.80. The van der Waals surface area contributed by atoms with E-state index in [0.717, 1.165) is 6.07 Å². The monoisotopic (exact) mass is 426 g/mol. The van der Waals surface area contributed by atoms with E-state index in [1.54, 1.807) is 24.5 Å². The smallest absolute Gasteiger partial charge is 0.395 e. The summed E-state index contributed by atoms with van der Waals surface area (Å²) >= 11 is 1.20. The first-order valence-corrected chi connectivity index (χ1v) is 10.1. The molecular weight excluding hydrogens is 405 g/mol. The zero-order chi connectivity index (χ0) is 21.3. The van der Waals surface area contributed by atoms with Crippen molar-refractivity contribution in [3.8, 4) is 28.4 Å². The van der Waals surface area contributed by atoms with Crippen LogP contribution in [0.5, 0.6) is 17.2 Å². The van der Waals surface area contributed by atoms with E-state index in [1.807, 2.05) is 0 Å². The van der Waals surface area contributed by atoms with Crippen molar-refractivity contribution in [2.24, 2.45) is 0 Å². The number of benzene rings is 1. The van der Waals surface area contributed by atoms with E-state index in [1.165, 1.54) is 33.1 Å². The van der Waals surface area contributed by atoms with E-state index in [-0.39, 0.29) is 24.2 Å². The highest BCUT2D eigenvalue weighted by Gasteiger charge is 2.43. The fourth-order valence-corrected chi connectivity index (χ4v) is 4.27. The molecule has 2 aromatic carbocycles. The van der Waals surface area contributed by atoms with Gasteiger partial charge in [-0.25, -0.2) is 0 Å². The summed E-state index contributed by atoms with van der Waals surface area (Å²) in [7, 11) is 4.33. The van der Waals surface area contributed by atoms with Crippen molar-refractivity contribution < 1.29 is 27.4 Å². The predicted octanol–water partition coefficient (Wildman–Crippen LogP) is 5.05. The molecule has 8 heteroatoms. The Morgan fingerprint density at radius 1 is 1.03 bits per heavy atom. The van der Waals surface area contributed by atoms with Gasteiger partial charge in [-0.15, -0.1) is 11.8 Å². The number of thioether (sulfide) groups is 1. The molecule has 1 aliphatic rings. The molecule has 0 aromatic heterocycles. The number of fused-ring (bicyclic) bond motifs is 3. The summed E-state index contributed by atoms with van der Waals surface area (Å²) in [6, 6.07) is 5.93. The number of ether oxygens (including phenoxy) is 3. The first-order chi connectivity index (χ1) is 13.8. The van der Waals surface area contributed by atoms with Crippen LogP contribution >= 0.6 is 11.8 Å². The Bertz CT molecular complexity index is 989. The molecule has 1 aliphatic carbocycles. The van der Waals surface area contributed by atoms with Crippen LogP contribution in [-0.4, -0.2) is 33.8 Å². The summed E-state index contributed by atoms with van der Waals surface area (Å²) in [4.78, 5) is 12.9. The molecule has 0 N–H and O–H groups in total. The third-order valence-corrected chi connectivity index (χ3v) is 5.89. The van der Waals surface area contributed by atoms with Crippen molar-refractivity contribution in [2.45, 2.75) is 29.8 Å². The van der Waals surface area contributed by atoms with Crippen molar-refractivity contribution in [1.29, 1.82) is 0 Å². The van der Waals surface area contributed by atoms with Gasteiger partial charge in [-0.3, -0.25) is 4.79 Å². The molecule has 3 rings (SSSR count). The molecule has 0 heterocycles. The van der Waals surface area contributed by atoms with Gasteiger partial charge >= 0.3 is 6.18 Å². The summed E-state index contributed by atoms with van der Waals surface area (Å²) in [5, 5.41) is 0. The lowest BCUT2D eigenvalue weighted by Crippen LogP contribution is -2.21. The van der Waals surface area contributed by atoms with Crippen molar-refractivity contribution in [3.05, 3.63) is 45.6 Å². The number of rotatable bonds is 4. The van der Waals surface area contributed by atoms with E-state index >= 15 is 0 Å². The lowest BCUT2D eigenvalue weighted by molar-refractivity contribution is -0.151. The Labute approximate surface area is 171 Å². The number of halogens is 3. The van der Waals surface area contributed by atoms with Gasteiger partial charge in [0, 0.05) is 5.56 Å². The maximum Gasteiger partial charge on any atom is 0.395 e. The van der Waals surface area contributed by atoms with Crippen molar-refractivity contribution >= 4 is 11.8 Å². The van der Waals surface area contributed by atoms with Crippen molar-refractivity contribution in [1.82, 2.24) is 0 Å². The summed E-state index contributed by atoms with van der Waals surface area (Å²) < 4.78 is 58.2. The second kappa shape index (κ2) is 8.18. The van der Waals surface area contributed by atoms with Gasteiger partial charge in [0.15, 0.2) is 16.9 Å². The number of hydrogen-bond donors (Lipinski definition) is 0. The number of methoxy groups -OCH3 is 3. The molecule has 0 fully saturated rings. The predicted molar refractivity (Wildman–Crippen MR) is 107 cm³/mol. The Hall–Kier alpha value is -2.35. The van der Waals surface area contributed by atoms with Gasteiger partial charge in [-0.2, -0.15) is 13.2 Å². The molecule has 1 atom stereocenters. The highest BCUT2D eigenvalue weighted by atomic mass is 32.2. The van der Waals surface area contributed by atoms with Gasteiger partial charge in [0.05, 0.1) is 32.1 Å². The topological polar surface area (TPSA) is 44.8 Å². The molecule has 0 spiro atoms. The summed E-state index contributed by atoms with van der Waals surface area (Å²) in [5.74, 6) is -0.800. The highest BCUT2D eigenvalue weighted by molar-refractivity contribution is 7.98. The van der Waals surface area contributed by atoms with E-state index < -0.39 is 17.5 Å². The quantitative estimate of drug-likeness (QED) is 0.640. The third-order valence-electron chi connectivity index (χ3n) is 5.12. The van der Waals surface area contributed by atoms with Crippen LogP contribution in [0.15, 0.2) is 34.0 Å². The largest absolute Gasteiger partial charge is 0.493 e. The first kappa shape index (κ1) is 21.4. The van der Waals surface area contributed by atoms with Crippen LogP contribution in [0, 0.1) is 0 Å². The first-order valence-electron chi connectivity index (χ1n) is 8.88. The minimum atomic E-state index is -4.49. The maximum atomic E-state index is 13.9. The standard InChI is InChI=1S/C21H21F3O4S/c1-26-16-9-11-5-7-14(21(22,23)24)13-10-15(25)17(29-4)8-6-12(13)18(11)20(28-3)19(16)27-2/h6,8-10,14H,5,7H2,1-4H3/t14-/m0/s1. The highest BCUT2D eigenvalue weighted by Crippen LogP contribution is 2.52. The minimum absolute atomic E-state index is 0.0490. The summed E-state index contributed by atoms with van der Waals surface area (Å²) in [6.45, 7) is 0.